The largest absolute Gasteiger partial charge is 0.434 e. The molecule has 2 aromatic carbocycles. The van der Waals surface area contributed by atoms with Crippen molar-refractivity contribution in [1.82, 2.24) is 34.6 Å². The molecule has 2 fully saturated rings. The molecular weight excluding hydrogens is 554 g/mol. The van der Waals surface area contributed by atoms with Crippen LogP contribution in [-0.2, 0) is 19.6 Å². The minimum Gasteiger partial charge on any atom is -0.388 e. The Balaban J connectivity index is 1.15. The Kier molecular flexibility index (Phi) is 6.08. The molecule has 6 aromatic rings. The number of pyridine rings is 1. The van der Waals surface area contributed by atoms with Crippen molar-refractivity contribution in [1.29, 1.82) is 0 Å². The van der Waals surface area contributed by atoms with E-state index in [9.17, 15) is 9.59 Å². The minimum absolute atomic E-state index is 0.111. The number of carbonyl (C=O) groups excluding carboxylic acids is 1. The van der Waals surface area contributed by atoms with Gasteiger partial charge in [-0.3, -0.25) is 9.78 Å². The summed E-state index contributed by atoms with van der Waals surface area (Å²) in [4.78, 5) is 35.1. The van der Waals surface area contributed by atoms with E-state index in [2.05, 4.69) is 39.3 Å². The first kappa shape index (κ1) is 26.6. The third-order valence-corrected chi connectivity index (χ3v) is 9.73. The van der Waals surface area contributed by atoms with Crippen molar-refractivity contribution in [3.63, 3.8) is 0 Å². The van der Waals surface area contributed by atoms with Gasteiger partial charge in [0.25, 0.3) is 5.91 Å². The van der Waals surface area contributed by atoms with Crippen molar-refractivity contribution >= 4 is 27.8 Å². The summed E-state index contributed by atoms with van der Waals surface area (Å²) < 4.78 is 9.39. The zero-order valence-corrected chi connectivity index (χ0v) is 24.8. The Morgan fingerprint density at radius 2 is 1.84 bits per heavy atom. The van der Waals surface area contributed by atoms with Crippen molar-refractivity contribution in [2.24, 2.45) is 14.1 Å². The van der Waals surface area contributed by atoms with E-state index in [0.717, 1.165) is 53.0 Å². The molecule has 1 amide bonds. The molecule has 0 aliphatic heterocycles. The summed E-state index contributed by atoms with van der Waals surface area (Å²) in [6, 6.07) is 17.8. The van der Waals surface area contributed by atoms with Crippen LogP contribution >= 0.6 is 0 Å². The molecular formula is C34H33N7O3. The fourth-order valence-electron chi connectivity index (χ4n) is 7.38. The van der Waals surface area contributed by atoms with Crippen LogP contribution in [0.3, 0.4) is 0 Å². The number of hydrogen-bond donors (Lipinski definition) is 2. The molecule has 2 saturated carbocycles. The molecule has 2 N–H and O–H groups in total. The van der Waals surface area contributed by atoms with Crippen molar-refractivity contribution in [3.05, 3.63) is 88.3 Å². The quantitative estimate of drug-likeness (QED) is 0.249. The van der Waals surface area contributed by atoms with Crippen LogP contribution < -0.4 is 11.1 Å². The first-order valence-corrected chi connectivity index (χ1v) is 15.3. The Bertz CT molecular complexity index is 2110. The van der Waals surface area contributed by atoms with Crippen LogP contribution in [-0.4, -0.2) is 35.2 Å². The first-order valence-electron chi connectivity index (χ1n) is 15.3. The Morgan fingerprint density at radius 1 is 1.00 bits per heavy atom. The number of nitrogens with one attached hydrogen (secondary N) is 2. The molecule has 10 heteroatoms. The second kappa shape index (κ2) is 10.0. The van der Waals surface area contributed by atoms with Crippen LogP contribution in [0.1, 0.15) is 72.6 Å². The number of aromatic nitrogens is 6. The highest BCUT2D eigenvalue weighted by Gasteiger charge is 2.44. The van der Waals surface area contributed by atoms with Crippen LogP contribution in [0.5, 0.6) is 0 Å². The van der Waals surface area contributed by atoms with Crippen molar-refractivity contribution in [2.45, 2.75) is 56.4 Å². The molecule has 222 valence electrons. The number of imidazole rings is 1. The molecule has 0 atom stereocenters. The number of aryl methyl sites for hydroxylation is 2. The van der Waals surface area contributed by atoms with Gasteiger partial charge in [-0.05, 0) is 86.1 Å². The Hall–Kier alpha value is -4.99. The maximum absolute atomic E-state index is 13.9. The molecule has 2 aliphatic rings. The summed E-state index contributed by atoms with van der Waals surface area (Å²) >= 11 is 0. The van der Waals surface area contributed by atoms with E-state index < -0.39 is 11.3 Å². The summed E-state index contributed by atoms with van der Waals surface area (Å²) in [6.45, 7) is 0. The average Bonchev–Trinajstić information content (AvgIpc) is 3.82. The standard InChI is InChI=1S/C34H33N7O3/c1-40-26-18-21(11-13-23(26)28(20-8-3-4-9-20)29(40)25-10-5-6-17-35-25)30(42)37-34(15-7-16-34)32-36-24-14-12-22(19-27(24)41(32)2)31-38-39-33(43)44-31/h5-6,10-14,17-20H,3-4,7-9,15-16H2,1-2H3,(H,37,42)(H,39,43). The molecule has 0 spiro atoms. The predicted molar refractivity (Wildman–Crippen MR) is 167 cm³/mol. The third-order valence-electron chi connectivity index (χ3n) is 9.73. The Labute approximate surface area is 253 Å². The molecule has 10 nitrogen and oxygen atoms in total. The SMILES string of the molecule is Cn1c(C2(NC(=O)c3ccc4c(C5CCCC5)c(-c5ccccn5)n(C)c4c3)CCC2)nc2ccc(-c3n[nH]c(=O)o3)cc21. The molecule has 44 heavy (non-hydrogen) atoms. The topological polar surface area (TPSA) is 124 Å². The normalized spacial score (nSPS) is 16.5. The molecule has 4 aromatic heterocycles. The monoisotopic (exact) mass is 587 g/mol. The van der Waals surface area contributed by atoms with Gasteiger partial charge in [0.1, 0.15) is 5.82 Å². The maximum atomic E-state index is 13.9. The van der Waals surface area contributed by atoms with Crippen molar-refractivity contribution in [2.75, 3.05) is 0 Å². The van der Waals surface area contributed by atoms with E-state index in [1.54, 1.807) is 0 Å². The lowest BCUT2D eigenvalue weighted by Crippen LogP contribution is -2.52. The fraction of sp³-hybridized carbons (Fsp3) is 0.324. The number of benzene rings is 2. The Morgan fingerprint density at radius 3 is 2.55 bits per heavy atom. The van der Waals surface area contributed by atoms with Gasteiger partial charge in [-0.1, -0.05) is 25.0 Å². The van der Waals surface area contributed by atoms with Crippen LogP contribution in [0.4, 0.5) is 0 Å². The van der Waals surface area contributed by atoms with Gasteiger partial charge in [-0.15, -0.1) is 5.10 Å². The van der Waals surface area contributed by atoms with Gasteiger partial charge < -0.3 is 18.9 Å². The number of hydrogen-bond acceptors (Lipinski definition) is 6. The maximum Gasteiger partial charge on any atom is 0.434 e. The lowest BCUT2D eigenvalue weighted by atomic mass is 9.75. The number of aromatic amines is 1. The summed E-state index contributed by atoms with van der Waals surface area (Å²) in [5, 5.41) is 10.9. The van der Waals surface area contributed by atoms with Gasteiger partial charge in [0.15, 0.2) is 0 Å². The van der Waals surface area contributed by atoms with E-state index >= 15 is 0 Å². The van der Waals surface area contributed by atoms with Gasteiger partial charge in [0, 0.05) is 42.3 Å². The molecule has 4 heterocycles. The van der Waals surface area contributed by atoms with E-state index in [4.69, 9.17) is 14.4 Å². The van der Waals surface area contributed by atoms with Crippen LogP contribution in [0.2, 0.25) is 0 Å². The second-order valence-electron chi connectivity index (χ2n) is 12.3. The van der Waals surface area contributed by atoms with Crippen molar-refractivity contribution < 1.29 is 9.21 Å². The van der Waals surface area contributed by atoms with E-state index in [0.29, 0.717) is 17.0 Å². The highest BCUT2D eigenvalue weighted by molar-refractivity contribution is 6.01. The third kappa shape index (κ3) is 4.11. The van der Waals surface area contributed by atoms with Crippen molar-refractivity contribution in [3.8, 4) is 22.8 Å². The van der Waals surface area contributed by atoms with Gasteiger partial charge in [0.2, 0.25) is 5.89 Å². The van der Waals surface area contributed by atoms with Gasteiger partial charge in [-0.25, -0.2) is 14.9 Å². The smallest absolute Gasteiger partial charge is 0.388 e. The number of carbonyl (C=O) groups is 1. The van der Waals surface area contributed by atoms with Crippen LogP contribution in [0.25, 0.3) is 44.8 Å². The summed E-state index contributed by atoms with van der Waals surface area (Å²) in [5.74, 6) is 0.827. The molecule has 8 rings (SSSR count). The number of amides is 1. The first-order chi connectivity index (χ1) is 21.4. The average molecular weight is 588 g/mol. The number of rotatable bonds is 6. The van der Waals surface area contributed by atoms with Crippen LogP contribution in [0, 0.1) is 0 Å². The van der Waals surface area contributed by atoms with E-state index in [1.165, 1.54) is 36.6 Å². The molecule has 0 unspecified atom stereocenters. The number of H-pyrrole nitrogens is 1. The summed E-state index contributed by atoms with van der Waals surface area (Å²) in [6.07, 6.45) is 9.31. The highest BCUT2D eigenvalue weighted by atomic mass is 16.4. The minimum atomic E-state index is -0.599. The zero-order valence-electron chi connectivity index (χ0n) is 24.8. The van der Waals surface area contributed by atoms with Gasteiger partial charge >= 0.3 is 5.76 Å². The van der Waals surface area contributed by atoms with E-state index in [1.807, 2.05) is 60.3 Å². The molecule has 2 aliphatic carbocycles. The molecule has 0 radical (unpaired) electrons. The number of nitrogens with zero attached hydrogens (tertiary/aromatic N) is 5. The zero-order chi connectivity index (χ0) is 30.0. The van der Waals surface area contributed by atoms with Gasteiger partial charge in [-0.2, -0.15) is 0 Å². The molecule has 0 bridgehead atoms. The second-order valence-corrected chi connectivity index (χ2v) is 12.3. The van der Waals surface area contributed by atoms with Gasteiger partial charge in [0.05, 0.1) is 28.0 Å². The molecule has 0 saturated heterocycles. The lowest BCUT2D eigenvalue weighted by Gasteiger charge is -2.41. The van der Waals surface area contributed by atoms with Crippen LogP contribution in [0.15, 0.2) is 70.0 Å². The highest BCUT2D eigenvalue weighted by Crippen LogP contribution is 2.45. The fourth-order valence-corrected chi connectivity index (χ4v) is 7.38. The number of fused-ring (bicyclic) bond motifs is 2. The lowest BCUT2D eigenvalue weighted by molar-refractivity contribution is 0.0805. The summed E-state index contributed by atoms with van der Waals surface area (Å²) in [5.41, 5.74) is 6.92. The predicted octanol–water partition coefficient (Wildman–Crippen LogP) is 5.94. The van der Waals surface area contributed by atoms with E-state index in [-0.39, 0.29) is 11.8 Å². The summed E-state index contributed by atoms with van der Waals surface area (Å²) in [7, 11) is 4.04.